The number of para-hydroxylation sites is 3. The van der Waals surface area contributed by atoms with Crippen LogP contribution in [0.15, 0.2) is 121 Å². The number of aromatic nitrogens is 2. The summed E-state index contributed by atoms with van der Waals surface area (Å²) in [5.74, 6) is -0.132. The van der Waals surface area contributed by atoms with Crippen molar-refractivity contribution in [1.29, 1.82) is 10.5 Å². The van der Waals surface area contributed by atoms with Crippen molar-refractivity contribution in [3.63, 3.8) is 0 Å². The van der Waals surface area contributed by atoms with Crippen LogP contribution >= 0.6 is 0 Å². The Morgan fingerprint density at radius 1 is 0.643 bits per heavy atom. The number of hydrogen-bond acceptors (Lipinski definition) is 2. The maximum absolute atomic E-state index is 9.73. The van der Waals surface area contributed by atoms with Gasteiger partial charge < -0.3 is 9.13 Å². The second-order valence-electron chi connectivity index (χ2n) is 10.8. The number of fused-ring (bicyclic) bond motifs is 6. The van der Waals surface area contributed by atoms with Crippen LogP contribution < -0.4 is 0 Å². The Kier molecular flexibility index (Phi) is 5.36. The molecule has 0 bridgehead atoms. The summed E-state index contributed by atoms with van der Waals surface area (Å²) in [6.07, 6.45) is 4.84. The van der Waals surface area contributed by atoms with Gasteiger partial charge in [-0.05, 0) is 66.1 Å². The van der Waals surface area contributed by atoms with Crippen molar-refractivity contribution in [1.82, 2.24) is 9.13 Å². The highest BCUT2D eigenvalue weighted by Gasteiger charge is 2.25. The van der Waals surface area contributed by atoms with E-state index in [1.807, 2.05) is 30.3 Å². The van der Waals surface area contributed by atoms with Gasteiger partial charge in [-0.15, -0.1) is 0 Å². The largest absolute Gasteiger partial charge is 0.309 e. The number of nitriles is 2. The number of benzene rings is 5. The summed E-state index contributed by atoms with van der Waals surface area (Å²) in [4.78, 5) is 0. The second kappa shape index (κ2) is 9.37. The fourth-order valence-corrected chi connectivity index (χ4v) is 6.60. The van der Waals surface area contributed by atoms with E-state index in [1.54, 1.807) is 0 Å². The summed E-state index contributed by atoms with van der Waals surface area (Å²) in [5, 5.41) is 22.9. The number of rotatable bonds is 3. The van der Waals surface area contributed by atoms with E-state index in [4.69, 9.17) is 0 Å². The lowest BCUT2D eigenvalue weighted by Gasteiger charge is -2.15. The molecule has 1 aliphatic rings. The highest BCUT2D eigenvalue weighted by Crippen LogP contribution is 2.41. The Labute approximate surface area is 243 Å². The molecule has 42 heavy (non-hydrogen) atoms. The zero-order chi connectivity index (χ0) is 28.2. The van der Waals surface area contributed by atoms with Crippen LogP contribution in [0.5, 0.6) is 0 Å². The van der Waals surface area contributed by atoms with Gasteiger partial charge in [0.25, 0.3) is 0 Å². The lowest BCUT2D eigenvalue weighted by atomic mass is 9.92. The number of nitrogens with zero attached hydrogens (tertiary/aromatic N) is 4. The van der Waals surface area contributed by atoms with Crippen LogP contribution in [0.2, 0.25) is 0 Å². The van der Waals surface area contributed by atoms with Gasteiger partial charge in [0, 0.05) is 38.8 Å². The average molecular weight is 537 g/mol. The van der Waals surface area contributed by atoms with Gasteiger partial charge in [-0.25, -0.2) is 0 Å². The normalized spacial score (nSPS) is 14.2. The summed E-state index contributed by atoms with van der Waals surface area (Å²) >= 11 is 0. The molecule has 2 aromatic heterocycles. The molecule has 4 nitrogen and oxygen atoms in total. The lowest BCUT2D eigenvalue weighted by Crippen LogP contribution is -2.06. The molecule has 0 radical (unpaired) electrons. The van der Waals surface area contributed by atoms with Gasteiger partial charge in [-0.2, -0.15) is 10.5 Å². The molecule has 1 aliphatic carbocycles. The van der Waals surface area contributed by atoms with E-state index in [-0.39, 0.29) is 5.92 Å². The Bertz CT molecular complexity index is 2300. The predicted molar refractivity (Wildman–Crippen MR) is 170 cm³/mol. The molecule has 0 fully saturated rings. The van der Waals surface area contributed by atoms with Crippen molar-refractivity contribution in [2.45, 2.75) is 6.42 Å². The predicted octanol–water partition coefficient (Wildman–Crippen LogP) is 8.98. The van der Waals surface area contributed by atoms with Gasteiger partial charge in [0.15, 0.2) is 0 Å². The summed E-state index contributed by atoms with van der Waals surface area (Å²) in [6, 6.07) is 44.7. The monoisotopic (exact) mass is 536 g/mol. The summed E-state index contributed by atoms with van der Waals surface area (Å²) in [6.45, 7) is 0. The molecule has 0 N–H and O–H groups in total. The van der Waals surface area contributed by atoms with Crippen LogP contribution in [0.25, 0.3) is 61.3 Å². The number of allylic oxidation sites excluding steroid dienone is 1. The molecule has 8 rings (SSSR count). The van der Waals surface area contributed by atoms with E-state index in [2.05, 4.69) is 118 Å². The standard InChI is InChI=1S/C38H24N4/c39-23-25-8-6-11-29(20-25)41-35-15-5-4-12-31(35)32-18-17-27(22-37(32)41)30-13-7-14-33-34-21-26(24-40)16-19-36(34)42(38(30)33)28-9-2-1-3-10-28/h1-20,22,26H,21H2. The molecular formula is C38H24N4. The fraction of sp³-hybridized carbons (Fsp3) is 0.0526. The first-order valence-corrected chi connectivity index (χ1v) is 14.1. The Morgan fingerprint density at radius 3 is 2.26 bits per heavy atom. The van der Waals surface area contributed by atoms with Crippen molar-refractivity contribution in [2.75, 3.05) is 0 Å². The molecule has 5 aromatic carbocycles. The SMILES string of the molecule is N#Cc1cccc(-n2c3ccccc3c3ccc(-c4cccc5c6c(n(-c7ccccc7)c45)C=CC(C#N)C6)cc32)c1. The van der Waals surface area contributed by atoms with Crippen LogP contribution in [-0.2, 0) is 6.42 Å². The third-order valence-electron chi connectivity index (χ3n) is 8.44. The quantitative estimate of drug-likeness (QED) is 0.226. The third kappa shape index (κ3) is 3.53. The van der Waals surface area contributed by atoms with Gasteiger partial charge in [0.1, 0.15) is 0 Å². The molecule has 0 spiro atoms. The van der Waals surface area contributed by atoms with E-state index in [1.165, 1.54) is 21.7 Å². The summed E-state index contributed by atoms with van der Waals surface area (Å²) < 4.78 is 4.61. The topological polar surface area (TPSA) is 57.4 Å². The highest BCUT2D eigenvalue weighted by atomic mass is 15.0. The number of hydrogen-bond donors (Lipinski definition) is 0. The molecule has 0 saturated heterocycles. The molecule has 196 valence electrons. The molecule has 2 heterocycles. The van der Waals surface area contributed by atoms with Crippen molar-refractivity contribution >= 4 is 38.8 Å². The van der Waals surface area contributed by atoms with Gasteiger partial charge in [0.05, 0.1) is 40.2 Å². The minimum absolute atomic E-state index is 0.132. The molecule has 1 atom stereocenters. The van der Waals surface area contributed by atoms with Crippen molar-refractivity contribution in [3.8, 4) is 34.6 Å². The second-order valence-corrected chi connectivity index (χ2v) is 10.8. The zero-order valence-electron chi connectivity index (χ0n) is 22.7. The van der Waals surface area contributed by atoms with Crippen LogP contribution in [-0.4, -0.2) is 9.13 Å². The summed E-state index contributed by atoms with van der Waals surface area (Å²) in [7, 11) is 0. The first-order valence-electron chi connectivity index (χ1n) is 14.1. The molecule has 4 heteroatoms. The summed E-state index contributed by atoms with van der Waals surface area (Å²) in [5.41, 5.74) is 10.6. The van der Waals surface area contributed by atoms with Crippen molar-refractivity contribution < 1.29 is 0 Å². The van der Waals surface area contributed by atoms with E-state index in [9.17, 15) is 10.5 Å². The van der Waals surface area contributed by atoms with Gasteiger partial charge in [-0.3, -0.25) is 0 Å². The fourth-order valence-electron chi connectivity index (χ4n) is 6.60. The zero-order valence-corrected chi connectivity index (χ0v) is 22.7. The minimum Gasteiger partial charge on any atom is -0.309 e. The first kappa shape index (κ1) is 24.0. The molecule has 0 saturated carbocycles. The first-order chi connectivity index (χ1) is 20.7. The molecule has 7 aromatic rings. The lowest BCUT2D eigenvalue weighted by molar-refractivity contribution is 0.809. The molecule has 0 aliphatic heterocycles. The van der Waals surface area contributed by atoms with Gasteiger partial charge in [-0.1, -0.05) is 78.9 Å². The molecule has 0 amide bonds. The van der Waals surface area contributed by atoms with Crippen LogP contribution in [0.1, 0.15) is 16.8 Å². The van der Waals surface area contributed by atoms with Gasteiger partial charge in [0.2, 0.25) is 0 Å². The maximum Gasteiger partial charge on any atom is 0.0992 e. The minimum atomic E-state index is -0.132. The molecule has 1 unspecified atom stereocenters. The van der Waals surface area contributed by atoms with Crippen LogP contribution in [0.4, 0.5) is 0 Å². The van der Waals surface area contributed by atoms with Crippen molar-refractivity contribution in [2.24, 2.45) is 5.92 Å². The Balaban J connectivity index is 1.44. The van der Waals surface area contributed by atoms with Crippen LogP contribution in [0.3, 0.4) is 0 Å². The van der Waals surface area contributed by atoms with Crippen LogP contribution in [0, 0.1) is 28.6 Å². The maximum atomic E-state index is 9.73. The molecular weight excluding hydrogens is 512 g/mol. The van der Waals surface area contributed by atoms with E-state index in [0.29, 0.717) is 12.0 Å². The Morgan fingerprint density at radius 2 is 1.40 bits per heavy atom. The highest BCUT2D eigenvalue weighted by molar-refractivity contribution is 6.11. The van der Waals surface area contributed by atoms with Crippen molar-refractivity contribution in [3.05, 3.63) is 138 Å². The van der Waals surface area contributed by atoms with E-state index < -0.39 is 0 Å². The smallest absolute Gasteiger partial charge is 0.0992 e. The van der Waals surface area contributed by atoms with Gasteiger partial charge >= 0.3 is 0 Å². The third-order valence-corrected chi connectivity index (χ3v) is 8.44. The Hall–Kier alpha value is -5.84. The van der Waals surface area contributed by atoms with E-state index in [0.717, 1.165) is 44.7 Å². The van der Waals surface area contributed by atoms with E-state index >= 15 is 0 Å². The average Bonchev–Trinajstić information content (AvgIpc) is 3.57.